The van der Waals surface area contributed by atoms with Gasteiger partial charge in [-0.2, -0.15) is 0 Å². The number of hydrogen-bond donors (Lipinski definition) is 0. The van der Waals surface area contributed by atoms with Crippen LogP contribution in [0, 0.1) is 5.82 Å². The zero-order valence-corrected chi connectivity index (χ0v) is 15.9. The molecule has 2 unspecified atom stereocenters. The van der Waals surface area contributed by atoms with Crippen LogP contribution in [0.4, 0.5) is 10.1 Å². The molecular weight excluding hydrogens is 399 g/mol. The van der Waals surface area contributed by atoms with Crippen LogP contribution in [0.2, 0.25) is 0 Å². The number of carbonyl (C=O) groups is 1. The molecule has 6 heteroatoms. The molecule has 4 rings (SSSR count). The summed E-state index contributed by atoms with van der Waals surface area (Å²) in [5, 5.41) is 0. The Balaban J connectivity index is 1.49. The van der Waals surface area contributed by atoms with Gasteiger partial charge < -0.3 is 9.64 Å². The summed E-state index contributed by atoms with van der Waals surface area (Å²) in [6, 6.07) is 14.3. The average Bonchev–Trinajstić information content (AvgIpc) is 3.03. The number of morpholine rings is 1. The Morgan fingerprint density at radius 2 is 1.96 bits per heavy atom. The van der Waals surface area contributed by atoms with E-state index >= 15 is 0 Å². The molecule has 0 aliphatic carbocycles. The molecule has 4 nitrogen and oxygen atoms in total. The number of nitrogens with zero attached hydrogens (tertiary/aromatic N) is 2. The first-order valence-electron chi connectivity index (χ1n) is 8.80. The Kier molecular flexibility index (Phi) is 5.07. The summed E-state index contributed by atoms with van der Waals surface area (Å²) in [6.07, 6.45) is 0.648. The van der Waals surface area contributed by atoms with Gasteiger partial charge in [0.15, 0.2) is 0 Å². The van der Waals surface area contributed by atoms with Crippen LogP contribution >= 0.6 is 15.9 Å². The van der Waals surface area contributed by atoms with E-state index in [4.69, 9.17) is 4.74 Å². The largest absolute Gasteiger partial charge is 0.371 e. The van der Waals surface area contributed by atoms with Gasteiger partial charge in [-0.05, 0) is 36.2 Å². The van der Waals surface area contributed by atoms with Gasteiger partial charge in [-0.25, -0.2) is 4.39 Å². The monoisotopic (exact) mass is 418 g/mol. The molecular formula is C20H20BrFN2O2. The van der Waals surface area contributed by atoms with E-state index in [1.54, 1.807) is 23.1 Å². The highest BCUT2D eigenvalue weighted by Crippen LogP contribution is 2.30. The van der Waals surface area contributed by atoms with Crippen LogP contribution < -0.4 is 4.90 Å². The topological polar surface area (TPSA) is 32.8 Å². The van der Waals surface area contributed by atoms with Crippen molar-refractivity contribution in [2.24, 2.45) is 0 Å². The van der Waals surface area contributed by atoms with Crippen molar-refractivity contribution in [3.05, 3.63) is 64.4 Å². The molecule has 0 N–H and O–H groups in total. The second-order valence-electron chi connectivity index (χ2n) is 6.66. The van der Waals surface area contributed by atoms with Gasteiger partial charge in [0.2, 0.25) is 5.91 Å². The van der Waals surface area contributed by atoms with Gasteiger partial charge in [-0.3, -0.25) is 9.69 Å². The molecule has 136 valence electrons. The zero-order chi connectivity index (χ0) is 18.1. The van der Waals surface area contributed by atoms with Crippen molar-refractivity contribution in [3.8, 4) is 0 Å². The number of benzene rings is 2. The van der Waals surface area contributed by atoms with Crippen molar-refractivity contribution in [1.82, 2.24) is 4.90 Å². The van der Waals surface area contributed by atoms with E-state index in [1.807, 2.05) is 18.2 Å². The number of anilines is 1. The maximum Gasteiger partial charge on any atom is 0.244 e. The van der Waals surface area contributed by atoms with Gasteiger partial charge >= 0.3 is 0 Å². The zero-order valence-electron chi connectivity index (χ0n) is 14.3. The van der Waals surface area contributed by atoms with Crippen LogP contribution in [-0.4, -0.2) is 43.1 Å². The molecule has 2 fully saturated rings. The summed E-state index contributed by atoms with van der Waals surface area (Å²) in [4.78, 5) is 16.7. The molecule has 2 aromatic rings. The van der Waals surface area contributed by atoms with Crippen molar-refractivity contribution in [3.63, 3.8) is 0 Å². The third kappa shape index (κ3) is 3.41. The first kappa shape index (κ1) is 17.6. The fraction of sp³-hybridized carbons (Fsp3) is 0.350. The minimum absolute atomic E-state index is 0.0232. The lowest BCUT2D eigenvalue weighted by Crippen LogP contribution is -2.48. The standard InChI is InChI=1S/C20H20BrFN2O2/c21-15-5-3-4-14(12-15)19-13-23(10-11-26-19)18-8-9-24(20(18)25)17-7-2-1-6-16(17)22/h1-7,12,18-19H,8-11,13H2. The van der Waals surface area contributed by atoms with E-state index < -0.39 is 0 Å². The van der Waals surface area contributed by atoms with Crippen LogP contribution in [0.25, 0.3) is 0 Å². The smallest absolute Gasteiger partial charge is 0.244 e. The van der Waals surface area contributed by atoms with E-state index in [-0.39, 0.29) is 23.9 Å². The summed E-state index contributed by atoms with van der Waals surface area (Å²) in [5.41, 5.74) is 1.47. The van der Waals surface area contributed by atoms with Crippen LogP contribution in [0.15, 0.2) is 53.0 Å². The van der Waals surface area contributed by atoms with E-state index in [9.17, 15) is 9.18 Å². The van der Waals surface area contributed by atoms with Crippen molar-refractivity contribution in [1.29, 1.82) is 0 Å². The molecule has 0 radical (unpaired) electrons. The van der Waals surface area contributed by atoms with Gasteiger partial charge in [0, 0.05) is 24.1 Å². The Morgan fingerprint density at radius 3 is 2.77 bits per heavy atom. The Labute approximate surface area is 160 Å². The van der Waals surface area contributed by atoms with Gasteiger partial charge in [-0.15, -0.1) is 0 Å². The highest BCUT2D eigenvalue weighted by atomic mass is 79.9. The Bertz CT molecular complexity index is 816. The highest BCUT2D eigenvalue weighted by molar-refractivity contribution is 9.10. The van der Waals surface area contributed by atoms with Crippen molar-refractivity contribution < 1.29 is 13.9 Å². The first-order valence-corrected chi connectivity index (χ1v) is 9.60. The number of halogens is 2. The predicted molar refractivity (Wildman–Crippen MR) is 102 cm³/mol. The van der Waals surface area contributed by atoms with Crippen molar-refractivity contribution >= 4 is 27.5 Å². The second kappa shape index (κ2) is 7.47. The minimum atomic E-state index is -0.351. The summed E-state index contributed by atoms with van der Waals surface area (Å²) in [6.45, 7) is 2.51. The lowest BCUT2D eigenvalue weighted by molar-refractivity contribution is -0.125. The molecule has 2 atom stereocenters. The van der Waals surface area contributed by atoms with Crippen molar-refractivity contribution in [2.45, 2.75) is 18.6 Å². The average molecular weight is 419 g/mol. The number of hydrogen-bond acceptors (Lipinski definition) is 3. The molecule has 2 aliphatic rings. The number of amides is 1. The van der Waals surface area contributed by atoms with Gasteiger partial charge in [-0.1, -0.05) is 40.2 Å². The highest BCUT2D eigenvalue weighted by Gasteiger charge is 2.39. The fourth-order valence-corrected chi connectivity index (χ4v) is 4.19. The third-order valence-corrected chi connectivity index (χ3v) is 5.57. The molecule has 0 aromatic heterocycles. The maximum atomic E-state index is 14.1. The maximum absolute atomic E-state index is 14.1. The van der Waals surface area contributed by atoms with E-state index in [1.165, 1.54) is 6.07 Å². The predicted octanol–water partition coefficient (Wildman–Crippen LogP) is 3.77. The molecule has 0 bridgehead atoms. The summed E-state index contributed by atoms with van der Waals surface area (Å²) in [5.74, 6) is -0.375. The lowest BCUT2D eigenvalue weighted by atomic mass is 10.1. The van der Waals surface area contributed by atoms with Crippen LogP contribution in [0.1, 0.15) is 18.1 Å². The summed E-state index contributed by atoms with van der Waals surface area (Å²) < 4.78 is 21.0. The van der Waals surface area contributed by atoms with Gasteiger partial charge in [0.25, 0.3) is 0 Å². The van der Waals surface area contributed by atoms with Crippen LogP contribution in [0.3, 0.4) is 0 Å². The third-order valence-electron chi connectivity index (χ3n) is 5.08. The summed E-state index contributed by atoms with van der Waals surface area (Å²) in [7, 11) is 0. The molecule has 2 aliphatic heterocycles. The number of ether oxygens (including phenoxy) is 1. The molecule has 2 aromatic carbocycles. The Morgan fingerprint density at radius 1 is 1.12 bits per heavy atom. The first-order chi connectivity index (χ1) is 12.6. The normalized spacial score (nSPS) is 24.2. The minimum Gasteiger partial charge on any atom is -0.371 e. The number of rotatable bonds is 3. The molecule has 2 heterocycles. The molecule has 0 saturated carbocycles. The second-order valence-corrected chi connectivity index (χ2v) is 7.57. The number of carbonyl (C=O) groups excluding carboxylic acids is 1. The molecule has 1 amide bonds. The lowest BCUT2D eigenvalue weighted by Gasteiger charge is -2.36. The van der Waals surface area contributed by atoms with Crippen LogP contribution in [0.5, 0.6) is 0 Å². The van der Waals surface area contributed by atoms with Crippen molar-refractivity contribution in [2.75, 3.05) is 31.1 Å². The van der Waals surface area contributed by atoms with E-state index in [0.29, 0.717) is 38.3 Å². The quantitative estimate of drug-likeness (QED) is 0.760. The van der Waals surface area contributed by atoms with E-state index in [2.05, 4.69) is 26.9 Å². The summed E-state index contributed by atoms with van der Waals surface area (Å²) >= 11 is 3.49. The Hall–Kier alpha value is -1.76. The van der Waals surface area contributed by atoms with Crippen LogP contribution in [-0.2, 0) is 9.53 Å². The van der Waals surface area contributed by atoms with Gasteiger partial charge in [0.05, 0.1) is 24.4 Å². The molecule has 0 spiro atoms. The van der Waals surface area contributed by atoms with E-state index in [0.717, 1.165) is 10.0 Å². The molecule has 2 saturated heterocycles. The fourth-order valence-electron chi connectivity index (χ4n) is 3.77. The molecule has 26 heavy (non-hydrogen) atoms. The SMILES string of the molecule is O=C1C(N2CCOC(c3cccc(Br)c3)C2)CCN1c1ccccc1F. The number of para-hydroxylation sites is 1. The van der Waals surface area contributed by atoms with Gasteiger partial charge in [0.1, 0.15) is 5.82 Å².